The molecule has 0 saturated carbocycles. The fourth-order valence-electron chi connectivity index (χ4n) is 2.12. The molecule has 3 rings (SSSR count). The van der Waals surface area contributed by atoms with Crippen molar-refractivity contribution >= 4 is 55.1 Å². The van der Waals surface area contributed by atoms with E-state index in [9.17, 15) is 0 Å². The molecule has 3 nitrogen and oxygen atoms in total. The lowest BCUT2D eigenvalue weighted by Crippen LogP contribution is -1.93. The molecule has 0 aromatic carbocycles. The minimum absolute atomic E-state index is 0.402. The molecule has 0 radical (unpaired) electrons. The molecule has 3 aromatic heterocycles. The van der Waals surface area contributed by atoms with Crippen molar-refractivity contribution in [3.05, 3.63) is 62.2 Å². The van der Waals surface area contributed by atoms with Crippen LogP contribution in [-0.2, 0) is 0 Å². The van der Waals surface area contributed by atoms with Crippen LogP contribution in [0.25, 0.3) is 22.3 Å². The maximum Gasteiger partial charge on any atom is 0.137 e. The molecular formula is C15H7Br2Cl2N3. The molecular weight excluding hydrogens is 453 g/mol. The highest BCUT2D eigenvalue weighted by Crippen LogP contribution is 2.43. The molecule has 0 bridgehead atoms. The monoisotopic (exact) mass is 457 g/mol. The third-order valence-corrected chi connectivity index (χ3v) is 4.77. The topological polar surface area (TPSA) is 38.7 Å². The van der Waals surface area contributed by atoms with E-state index in [0.717, 1.165) is 31.2 Å². The number of hydrogen-bond acceptors (Lipinski definition) is 3. The zero-order chi connectivity index (χ0) is 15.7. The first-order chi connectivity index (χ1) is 10.6. The van der Waals surface area contributed by atoms with Crippen LogP contribution in [0.5, 0.6) is 0 Å². The summed E-state index contributed by atoms with van der Waals surface area (Å²) in [7, 11) is 0. The normalized spacial score (nSPS) is 10.7. The van der Waals surface area contributed by atoms with E-state index in [2.05, 4.69) is 46.8 Å². The van der Waals surface area contributed by atoms with Crippen LogP contribution >= 0.6 is 55.1 Å². The molecule has 3 aromatic rings. The second kappa shape index (κ2) is 6.62. The van der Waals surface area contributed by atoms with Crippen molar-refractivity contribution in [3.63, 3.8) is 0 Å². The smallest absolute Gasteiger partial charge is 0.137 e. The summed E-state index contributed by atoms with van der Waals surface area (Å²) in [6.07, 6.45) is 6.76. The van der Waals surface area contributed by atoms with Crippen LogP contribution in [0, 0.1) is 0 Å². The van der Waals surface area contributed by atoms with E-state index in [4.69, 9.17) is 23.2 Å². The standard InChI is InChI=1S/C15H7Br2Cl2N3/c16-10-6-21-12(18)5-9(10)14-11(17)7-22-15(19)13(14)8-1-3-20-4-2-8/h1-7H. The van der Waals surface area contributed by atoms with Gasteiger partial charge < -0.3 is 0 Å². The van der Waals surface area contributed by atoms with E-state index in [-0.39, 0.29) is 0 Å². The van der Waals surface area contributed by atoms with E-state index in [1.54, 1.807) is 30.9 Å². The summed E-state index contributed by atoms with van der Waals surface area (Å²) in [5.74, 6) is 0. The van der Waals surface area contributed by atoms with E-state index in [1.807, 2.05) is 12.1 Å². The fraction of sp³-hybridized carbons (Fsp3) is 0. The van der Waals surface area contributed by atoms with Crippen LogP contribution in [0.15, 0.2) is 51.9 Å². The summed E-state index contributed by atoms with van der Waals surface area (Å²) < 4.78 is 1.63. The van der Waals surface area contributed by atoms with Crippen molar-refractivity contribution in [1.29, 1.82) is 0 Å². The second-order valence-electron chi connectivity index (χ2n) is 4.37. The highest BCUT2D eigenvalue weighted by molar-refractivity contribution is 9.11. The molecule has 0 fully saturated rings. The van der Waals surface area contributed by atoms with Gasteiger partial charge in [-0.15, -0.1) is 0 Å². The summed E-state index contributed by atoms with van der Waals surface area (Å²) in [6.45, 7) is 0. The molecule has 0 aliphatic rings. The zero-order valence-electron chi connectivity index (χ0n) is 10.9. The van der Waals surface area contributed by atoms with Crippen LogP contribution in [0.4, 0.5) is 0 Å². The Hall–Kier alpha value is -1.01. The van der Waals surface area contributed by atoms with Crippen LogP contribution in [-0.4, -0.2) is 15.0 Å². The molecule has 0 saturated heterocycles. The van der Waals surface area contributed by atoms with Crippen molar-refractivity contribution in [2.24, 2.45) is 0 Å². The number of rotatable bonds is 2. The van der Waals surface area contributed by atoms with Crippen LogP contribution in [0.3, 0.4) is 0 Å². The molecule has 0 aliphatic heterocycles. The lowest BCUT2D eigenvalue weighted by molar-refractivity contribution is 1.28. The first-order valence-electron chi connectivity index (χ1n) is 6.13. The Labute approximate surface area is 154 Å². The van der Waals surface area contributed by atoms with Gasteiger partial charge in [0.15, 0.2) is 0 Å². The quantitative estimate of drug-likeness (QED) is 0.439. The highest BCUT2D eigenvalue weighted by atomic mass is 79.9. The van der Waals surface area contributed by atoms with Crippen LogP contribution < -0.4 is 0 Å². The van der Waals surface area contributed by atoms with E-state index in [1.165, 1.54) is 0 Å². The number of nitrogens with zero attached hydrogens (tertiary/aromatic N) is 3. The number of aromatic nitrogens is 3. The van der Waals surface area contributed by atoms with Gasteiger partial charge in [0.05, 0.1) is 0 Å². The Bertz CT molecular complexity index is 842. The van der Waals surface area contributed by atoms with Gasteiger partial charge in [-0.3, -0.25) is 4.98 Å². The summed E-state index contributed by atoms with van der Waals surface area (Å²) in [4.78, 5) is 12.3. The fourth-order valence-corrected chi connectivity index (χ4v) is 3.45. The Morgan fingerprint density at radius 2 is 1.55 bits per heavy atom. The van der Waals surface area contributed by atoms with Gasteiger partial charge in [-0.25, -0.2) is 9.97 Å². The molecule has 0 N–H and O–H groups in total. The SMILES string of the molecule is Clc1cc(-c2c(Br)cnc(Cl)c2-c2ccncc2)c(Br)cn1. The molecule has 3 heterocycles. The third kappa shape index (κ3) is 3.04. The maximum absolute atomic E-state index is 6.36. The van der Waals surface area contributed by atoms with Crippen molar-refractivity contribution in [3.8, 4) is 22.3 Å². The van der Waals surface area contributed by atoms with Gasteiger partial charge in [0, 0.05) is 50.4 Å². The van der Waals surface area contributed by atoms with Gasteiger partial charge in [0.2, 0.25) is 0 Å². The molecule has 22 heavy (non-hydrogen) atoms. The highest BCUT2D eigenvalue weighted by Gasteiger charge is 2.18. The van der Waals surface area contributed by atoms with Crippen molar-refractivity contribution in [2.75, 3.05) is 0 Å². The molecule has 110 valence electrons. The first kappa shape index (κ1) is 15.9. The summed E-state index contributed by atoms with van der Waals surface area (Å²) in [5, 5.41) is 0.808. The van der Waals surface area contributed by atoms with Crippen molar-refractivity contribution < 1.29 is 0 Å². The Balaban J connectivity index is 2.37. The van der Waals surface area contributed by atoms with Crippen molar-refractivity contribution in [2.45, 2.75) is 0 Å². The lowest BCUT2D eigenvalue weighted by atomic mass is 9.98. The minimum Gasteiger partial charge on any atom is -0.265 e. The maximum atomic E-state index is 6.36. The Morgan fingerprint density at radius 3 is 2.27 bits per heavy atom. The molecule has 0 amide bonds. The minimum atomic E-state index is 0.402. The van der Waals surface area contributed by atoms with Gasteiger partial charge in [0.1, 0.15) is 10.3 Å². The van der Waals surface area contributed by atoms with Crippen LogP contribution in [0.2, 0.25) is 10.3 Å². The van der Waals surface area contributed by atoms with Gasteiger partial charge in [-0.2, -0.15) is 0 Å². The van der Waals surface area contributed by atoms with E-state index in [0.29, 0.717) is 10.3 Å². The Kier molecular flexibility index (Phi) is 4.78. The molecule has 0 unspecified atom stereocenters. The predicted octanol–water partition coefficient (Wildman–Crippen LogP) is 6.04. The average Bonchev–Trinajstić information content (AvgIpc) is 2.53. The number of hydrogen-bond donors (Lipinski definition) is 0. The summed E-state index contributed by atoms with van der Waals surface area (Å²) in [5.41, 5.74) is 3.50. The third-order valence-electron chi connectivity index (χ3n) is 3.05. The first-order valence-corrected chi connectivity index (χ1v) is 8.48. The van der Waals surface area contributed by atoms with Gasteiger partial charge in [-0.05, 0) is 55.6 Å². The average molecular weight is 460 g/mol. The molecule has 0 aliphatic carbocycles. The number of pyridine rings is 3. The van der Waals surface area contributed by atoms with Crippen molar-refractivity contribution in [1.82, 2.24) is 15.0 Å². The zero-order valence-corrected chi connectivity index (χ0v) is 15.6. The van der Waals surface area contributed by atoms with Gasteiger partial charge >= 0.3 is 0 Å². The van der Waals surface area contributed by atoms with Gasteiger partial charge in [-0.1, -0.05) is 23.2 Å². The molecule has 0 atom stereocenters. The van der Waals surface area contributed by atoms with Crippen LogP contribution in [0.1, 0.15) is 0 Å². The molecule has 0 spiro atoms. The summed E-state index contributed by atoms with van der Waals surface area (Å²) in [6, 6.07) is 5.55. The van der Waals surface area contributed by atoms with E-state index >= 15 is 0 Å². The molecule has 7 heteroatoms. The number of halogens is 4. The summed E-state index contributed by atoms with van der Waals surface area (Å²) >= 11 is 19.5. The second-order valence-corrected chi connectivity index (χ2v) is 6.82. The van der Waals surface area contributed by atoms with E-state index < -0.39 is 0 Å². The van der Waals surface area contributed by atoms with Gasteiger partial charge in [0.25, 0.3) is 0 Å². The Morgan fingerprint density at radius 1 is 0.864 bits per heavy atom. The lowest BCUT2D eigenvalue weighted by Gasteiger charge is -2.15. The largest absolute Gasteiger partial charge is 0.265 e. The predicted molar refractivity (Wildman–Crippen MR) is 96.1 cm³/mol.